The zero-order valence-corrected chi connectivity index (χ0v) is 17.0. The Morgan fingerprint density at radius 1 is 1.07 bits per heavy atom. The van der Waals surface area contributed by atoms with E-state index in [9.17, 15) is 4.79 Å². The van der Waals surface area contributed by atoms with Crippen LogP contribution in [0.2, 0.25) is 0 Å². The van der Waals surface area contributed by atoms with Crippen LogP contribution in [-0.4, -0.2) is 24.0 Å². The van der Waals surface area contributed by atoms with Gasteiger partial charge in [0.05, 0.1) is 5.56 Å². The van der Waals surface area contributed by atoms with Crippen molar-refractivity contribution in [3.8, 4) is 11.6 Å². The average molecular weight is 389 g/mol. The van der Waals surface area contributed by atoms with Crippen molar-refractivity contribution >= 4 is 11.6 Å². The Bertz CT molecular complexity index is 937. The van der Waals surface area contributed by atoms with E-state index in [1.807, 2.05) is 12.1 Å². The van der Waals surface area contributed by atoms with Crippen molar-refractivity contribution in [2.45, 2.75) is 26.7 Å². The first-order valence-corrected chi connectivity index (χ1v) is 9.89. The molecule has 3 rings (SSSR count). The maximum atomic E-state index is 11.1. The number of pyridine rings is 1. The summed E-state index contributed by atoms with van der Waals surface area (Å²) in [5.74, 6) is 0.629. The monoisotopic (exact) mass is 389 g/mol. The van der Waals surface area contributed by atoms with E-state index in [4.69, 9.17) is 10.5 Å². The number of anilines is 1. The van der Waals surface area contributed by atoms with Crippen molar-refractivity contribution in [3.05, 3.63) is 83.6 Å². The average Bonchev–Trinajstić information content (AvgIpc) is 2.72. The molecular formula is C24H27N3O2. The second-order valence-electron chi connectivity index (χ2n) is 7.07. The number of carbonyl (C=O) groups is 1. The van der Waals surface area contributed by atoms with Gasteiger partial charge in [-0.3, -0.25) is 4.79 Å². The van der Waals surface area contributed by atoms with E-state index >= 15 is 0 Å². The van der Waals surface area contributed by atoms with Gasteiger partial charge in [-0.15, -0.1) is 0 Å². The lowest BCUT2D eigenvalue weighted by Crippen LogP contribution is -2.26. The summed E-state index contributed by atoms with van der Waals surface area (Å²) in [7, 11) is 0. The largest absolute Gasteiger partial charge is 0.439 e. The molecule has 5 nitrogen and oxygen atoms in total. The van der Waals surface area contributed by atoms with Gasteiger partial charge in [0.25, 0.3) is 0 Å². The molecule has 0 bridgehead atoms. The molecule has 0 aliphatic rings. The molecule has 0 aliphatic carbocycles. The summed E-state index contributed by atoms with van der Waals surface area (Å²) in [6.07, 6.45) is 3.49. The Morgan fingerprint density at radius 2 is 1.86 bits per heavy atom. The van der Waals surface area contributed by atoms with Gasteiger partial charge in [-0.25, -0.2) is 4.98 Å². The SMILES string of the molecule is CCCN(CCc1ccc(Oc2ccc(C(N)=O)cn2)cc1)c1cccc(C)c1. The fraction of sp³-hybridized carbons (Fsp3) is 0.250. The van der Waals surface area contributed by atoms with Gasteiger partial charge < -0.3 is 15.4 Å². The summed E-state index contributed by atoms with van der Waals surface area (Å²) in [5.41, 5.74) is 9.39. The Labute approximate surface area is 172 Å². The maximum absolute atomic E-state index is 11.1. The minimum atomic E-state index is -0.504. The van der Waals surface area contributed by atoms with E-state index in [-0.39, 0.29) is 0 Å². The van der Waals surface area contributed by atoms with Crippen LogP contribution < -0.4 is 15.4 Å². The fourth-order valence-corrected chi connectivity index (χ4v) is 3.16. The summed E-state index contributed by atoms with van der Waals surface area (Å²) >= 11 is 0. The van der Waals surface area contributed by atoms with E-state index in [1.54, 1.807) is 12.1 Å². The topological polar surface area (TPSA) is 68.5 Å². The van der Waals surface area contributed by atoms with Gasteiger partial charge in [0.1, 0.15) is 5.75 Å². The van der Waals surface area contributed by atoms with Gasteiger partial charge in [0.15, 0.2) is 0 Å². The van der Waals surface area contributed by atoms with E-state index in [0.29, 0.717) is 17.2 Å². The van der Waals surface area contributed by atoms with Crippen molar-refractivity contribution in [1.29, 1.82) is 0 Å². The summed E-state index contributed by atoms with van der Waals surface area (Å²) < 4.78 is 5.74. The molecule has 0 saturated carbocycles. The number of carbonyl (C=O) groups excluding carboxylic acids is 1. The molecule has 150 valence electrons. The smallest absolute Gasteiger partial charge is 0.250 e. The van der Waals surface area contributed by atoms with Crippen LogP contribution >= 0.6 is 0 Å². The minimum absolute atomic E-state index is 0.359. The molecule has 0 radical (unpaired) electrons. The lowest BCUT2D eigenvalue weighted by atomic mass is 10.1. The number of hydrogen-bond acceptors (Lipinski definition) is 4. The van der Waals surface area contributed by atoms with Crippen LogP contribution in [0, 0.1) is 6.92 Å². The Hall–Kier alpha value is -3.34. The molecule has 0 spiro atoms. The fourth-order valence-electron chi connectivity index (χ4n) is 3.16. The van der Waals surface area contributed by atoms with Gasteiger partial charge in [-0.1, -0.05) is 31.2 Å². The van der Waals surface area contributed by atoms with Crippen molar-refractivity contribution in [3.63, 3.8) is 0 Å². The zero-order chi connectivity index (χ0) is 20.6. The molecule has 1 amide bonds. The van der Waals surface area contributed by atoms with Crippen molar-refractivity contribution in [1.82, 2.24) is 4.98 Å². The predicted molar refractivity (Wildman–Crippen MR) is 117 cm³/mol. The number of benzene rings is 2. The number of aryl methyl sites for hydroxylation is 1. The lowest BCUT2D eigenvalue weighted by Gasteiger charge is -2.25. The number of rotatable bonds is 9. The van der Waals surface area contributed by atoms with Gasteiger partial charge in [0.2, 0.25) is 11.8 Å². The molecule has 0 fully saturated rings. The normalized spacial score (nSPS) is 10.6. The second-order valence-corrected chi connectivity index (χ2v) is 7.07. The molecule has 0 unspecified atom stereocenters. The molecule has 0 saturated heterocycles. The van der Waals surface area contributed by atoms with E-state index in [0.717, 1.165) is 25.9 Å². The number of nitrogens with two attached hydrogens (primary N) is 1. The van der Waals surface area contributed by atoms with Gasteiger partial charge in [0, 0.05) is 31.0 Å². The molecule has 3 aromatic rings. The molecular weight excluding hydrogens is 362 g/mol. The van der Waals surface area contributed by atoms with E-state index < -0.39 is 5.91 Å². The predicted octanol–water partition coefficient (Wildman–Crippen LogP) is 4.74. The summed E-state index contributed by atoms with van der Waals surface area (Å²) in [4.78, 5) is 17.6. The summed E-state index contributed by atoms with van der Waals surface area (Å²) in [5, 5.41) is 0. The molecule has 29 heavy (non-hydrogen) atoms. The third-order valence-electron chi connectivity index (χ3n) is 4.70. The van der Waals surface area contributed by atoms with Gasteiger partial charge in [-0.05, 0) is 61.2 Å². The first-order chi connectivity index (χ1) is 14.0. The van der Waals surface area contributed by atoms with Crippen LogP contribution in [0.4, 0.5) is 5.69 Å². The number of amides is 1. The van der Waals surface area contributed by atoms with Crippen LogP contribution in [0.1, 0.15) is 34.8 Å². The van der Waals surface area contributed by atoms with Crippen molar-refractivity contribution in [2.24, 2.45) is 5.73 Å². The number of aromatic nitrogens is 1. The lowest BCUT2D eigenvalue weighted by molar-refractivity contribution is 0.1000. The molecule has 1 heterocycles. The van der Waals surface area contributed by atoms with E-state index in [1.165, 1.54) is 23.0 Å². The third-order valence-corrected chi connectivity index (χ3v) is 4.70. The highest BCUT2D eigenvalue weighted by Gasteiger charge is 2.07. The summed E-state index contributed by atoms with van der Waals surface area (Å²) in [6.45, 7) is 6.34. The van der Waals surface area contributed by atoms with Crippen LogP contribution in [0.25, 0.3) is 0 Å². The highest BCUT2D eigenvalue weighted by molar-refractivity contribution is 5.92. The molecule has 0 atom stereocenters. The Kier molecular flexibility index (Phi) is 6.85. The van der Waals surface area contributed by atoms with Crippen LogP contribution in [0.5, 0.6) is 11.6 Å². The molecule has 2 N–H and O–H groups in total. The highest BCUT2D eigenvalue weighted by Crippen LogP contribution is 2.21. The molecule has 1 aromatic heterocycles. The number of primary amides is 1. The Morgan fingerprint density at radius 3 is 2.48 bits per heavy atom. The number of nitrogens with zero attached hydrogens (tertiary/aromatic N) is 2. The molecule has 5 heteroatoms. The van der Waals surface area contributed by atoms with Gasteiger partial charge >= 0.3 is 0 Å². The minimum Gasteiger partial charge on any atom is -0.439 e. The second kappa shape index (κ2) is 9.73. The van der Waals surface area contributed by atoms with Crippen molar-refractivity contribution in [2.75, 3.05) is 18.0 Å². The van der Waals surface area contributed by atoms with E-state index in [2.05, 4.69) is 60.1 Å². The third kappa shape index (κ3) is 5.82. The standard InChI is InChI=1S/C24H27N3O2/c1-3-14-27(21-6-4-5-18(2)16-21)15-13-19-7-10-22(11-8-19)29-23-12-9-20(17-26-23)24(25)28/h4-12,16-17H,3,13-15H2,1-2H3,(H2,25,28). The molecule has 2 aromatic carbocycles. The Balaban J connectivity index is 1.60. The first-order valence-electron chi connectivity index (χ1n) is 9.89. The molecule has 0 aliphatic heterocycles. The number of ether oxygens (including phenoxy) is 1. The zero-order valence-electron chi connectivity index (χ0n) is 17.0. The first kappa shape index (κ1) is 20.4. The van der Waals surface area contributed by atoms with Crippen LogP contribution in [0.3, 0.4) is 0 Å². The quantitative estimate of drug-likeness (QED) is 0.574. The van der Waals surface area contributed by atoms with Crippen molar-refractivity contribution < 1.29 is 9.53 Å². The highest BCUT2D eigenvalue weighted by atomic mass is 16.5. The van der Waals surface area contributed by atoms with Crippen LogP contribution in [-0.2, 0) is 6.42 Å². The summed E-state index contributed by atoms with van der Waals surface area (Å²) in [6, 6.07) is 19.9. The van der Waals surface area contributed by atoms with Gasteiger partial charge in [-0.2, -0.15) is 0 Å². The maximum Gasteiger partial charge on any atom is 0.250 e. The van der Waals surface area contributed by atoms with Crippen LogP contribution in [0.15, 0.2) is 66.9 Å². The number of hydrogen-bond donors (Lipinski definition) is 1.